The van der Waals surface area contributed by atoms with Crippen LogP contribution in [0.1, 0.15) is 169 Å². The van der Waals surface area contributed by atoms with Gasteiger partial charge < -0.3 is 0 Å². The highest BCUT2D eigenvalue weighted by Crippen LogP contribution is 2.56. The lowest BCUT2D eigenvalue weighted by Gasteiger charge is -2.49. The molecule has 2 rings (SSSR count). The fourth-order valence-electron chi connectivity index (χ4n) is 7.65. The minimum atomic E-state index is 0.431. The third-order valence-electron chi connectivity index (χ3n) is 9.97. The molecule has 6 unspecified atom stereocenters. The van der Waals surface area contributed by atoms with Crippen LogP contribution in [0.3, 0.4) is 0 Å². The Balaban J connectivity index is 2.00. The molecule has 0 heterocycles. The second-order valence-corrected chi connectivity index (χ2v) is 13.0. The van der Waals surface area contributed by atoms with Crippen molar-refractivity contribution in [1.29, 1.82) is 0 Å². The molecule has 0 aromatic heterocycles. The SMILES string of the molecule is C#CC1C2=C(C(CCCCCCCCC)C(C)CCCCC2C)C1C(C)CCCCCCCCCC. The zero-order chi connectivity index (χ0) is 26.2. The molecule has 2 aliphatic carbocycles. The Morgan fingerprint density at radius 2 is 1.25 bits per heavy atom. The summed E-state index contributed by atoms with van der Waals surface area (Å²) < 4.78 is 0. The van der Waals surface area contributed by atoms with Gasteiger partial charge in [0, 0.05) is 11.8 Å². The summed E-state index contributed by atoms with van der Waals surface area (Å²) >= 11 is 0. The van der Waals surface area contributed by atoms with Crippen LogP contribution >= 0.6 is 0 Å². The van der Waals surface area contributed by atoms with E-state index in [-0.39, 0.29) is 0 Å². The van der Waals surface area contributed by atoms with E-state index in [4.69, 9.17) is 6.42 Å². The van der Waals surface area contributed by atoms with Gasteiger partial charge in [0.05, 0.1) is 0 Å². The number of hydrogen-bond acceptors (Lipinski definition) is 0. The molecule has 0 saturated carbocycles. The molecule has 0 amide bonds. The van der Waals surface area contributed by atoms with E-state index >= 15 is 0 Å². The van der Waals surface area contributed by atoms with Crippen LogP contribution in [0.4, 0.5) is 0 Å². The minimum Gasteiger partial charge on any atom is -0.119 e. The van der Waals surface area contributed by atoms with Crippen LogP contribution in [0.5, 0.6) is 0 Å². The van der Waals surface area contributed by atoms with E-state index in [1.54, 1.807) is 5.57 Å². The van der Waals surface area contributed by atoms with Gasteiger partial charge in [0.15, 0.2) is 0 Å². The number of hydrogen-bond donors (Lipinski definition) is 0. The van der Waals surface area contributed by atoms with Crippen molar-refractivity contribution in [2.75, 3.05) is 0 Å². The minimum absolute atomic E-state index is 0.431. The fourth-order valence-corrected chi connectivity index (χ4v) is 7.65. The number of unbranched alkanes of at least 4 members (excludes halogenated alkanes) is 13. The molecule has 0 aliphatic heterocycles. The molecule has 0 saturated heterocycles. The van der Waals surface area contributed by atoms with E-state index < -0.39 is 0 Å². The molecule has 0 bridgehead atoms. The second-order valence-electron chi connectivity index (χ2n) is 13.0. The van der Waals surface area contributed by atoms with Crippen LogP contribution in [-0.4, -0.2) is 0 Å². The predicted octanol–water partition coefficient (Wildman–Crippen LogP) is 11.9. The van der Waals surface area contributed by atoms with E-state index in [0.29, 0.717) is 17.8 Å². The molecule has 6 atom stereocenters. The maximum Gasteiger partial charge on any atom is 0.0482 e. The molecule has 0 fully saturated rings. The first-order valence-corrected chi connectivity index (χ1v) is 16.8. The van der Waals surface area contributed by atoms with Crippen molar-refractivity contribution in [3.05, 3.63) is 11.1 Å². The lowest BCUT2D eigenvalue weighted by atomic mass is 9.54. The topological polar surface area (TPSA) is 0 Å². The Kier molecular flexibility index (Phi) is 16.2. The predicted molar refractivity (Wildman–Crippen MR) is 162 cm³/mol. The average molecular weight is 497 g/mol. The van der Waals surface area contributed by atoms with Crippen LogP contribution in [0.2, 0.25) is 0 Å². The smallest absolute Gasteiger partial charge is 0.0482 e. The maximum absolute atomic E-state index is 6.27. The molecule has 2 aliphatic rings. The zero-order valence-corrected chi connectivity index (χ0v) is 25.4. The molecule has 0 heteroatoms. The van der Waals surface area contributed by atoms with Crippen molar-refractivity contribution in [2.45, 2.75) is 169 Å². The zero-order valence-electron chi connectivity index (χ0n) is 25.4. The second kappa shape index (κ2) is 18.5. The number of rotatable bonds is 18. The van der Waals surface area contributed by atoms with Gasteiger partial charge in [0.1, 0.15) is 0 Å². The van der Waals surface area contributed by atoms with Gasteiger partial charge in [-0.25, -0.2) is 0 Å². The molecule has 0 aromatic carbocycles. The molecule has 208 valence electrons. The summed E-state index contributed by atoms with van der Waals surface area (Å²) in [5.74, 6) is 7.52. The van der Waals surface area contributed by atoms with Crippen LogP contribution in [-0.2, 0) is 0 Å². The van der Waals surface area contributed by atoms with E-state index in [0.717, 1.165) is 17.8 Å². The first-order chi connectivity index (χ1) is 17.6. The van der Waals surface area contributed by atoms with Gasteiger partial charge in [-0.3, -0.25) is 0 Å². The average Bonchev–Trinajstić information content (AvgIpc) is 2.89. The van der Waals surface area contributed by atoms with Gasteiger partial charge in [-0.2, -0.15) is 0 Å². The Labute approximate surface area is 228 Å². The molecule has 0 N–H and O–H groups in total. The summed E-state index contributed by atoms with van der Waals surface area (Å²) in [6.07, 6.45) is 35.9. The third kappa shape index (κ3) is 9.88. The molecule has 0 aromatic rings. The van der Waals surface area contributed by atoms with E-state index in [1.165, 1.54) is 135 Å². The summed E-state index contributed by atoms with van der Waals surface area (Å²) in [4.78, 5) is 0. The Hall–Kier alpha value is -0.700. The van der Waals surface area contributed by atoms with Crippen LogP contribution in [0, 0.1) is 47.9 Å². The third-order valence-corrected chi connectivity index (χ3v) is 9.97. The maximum atomic E-state index is 6.27. The van der Waals surface area contributed by atoms with Gasteiger partial charge in [-0.15, -0.1) is 6.42 Å². The highest BCUT2D eigenvalue weighted by Gasteiger charge is 2.47. The largest absolute Gasteiger partial charge is 0.119 e. The van der Waals surface area contributed by atoms with Crippen molar-refractivity contribution < 1.29 is 0 Å². The monoisotopic (exact) mass is 497 g/mol. The normalized spacial score (nSPS) is 27.4. The van der Waals surface area contributed by atoms with Gasteiger partial charge >= 0.3 is 0 Å². The van der Waals surface area contributed by atoms with Crippen molar-refractivity contribution in [3.8, 4) is 12.3 Å². The van der Waals surface area contributed by atoms with Gasteiger partial charge in [-0.05, 0) is 36.5 Å². The molecule has 0 radical (unpaired) electrons. The van der Waals surface area contributed by atoms with E-state index in [2.05, 4.69) is 40.5 Å². The molecule has 36 heavy (non-hydrogen) atoms. The van der Waals surface area contributed by atoms with Crippen LogP contribution in [0.15, 0.2) is 11.1 Å². The van der Waals surface area contributed by atoms with Crippen LogP contribution < -0.4 is 0 Å². The summed E-state index contributed by atoms with van der Waals surface area (Å²) in [6.45, 7) is 12.3. The lowest BCUT2D eigenvalue weighted by Crippen LogP contribution is -2.41. The van der Waals surface area contributed by atoms with Gasteiger partial charge in [-0.1, -0.05) is 174 Å². The highest BCUT2D eigenvalue weighted by atomic mass is 14.5. The fraction of sp³-hybridized carbons (Fsp3) is 0.889. The molecule has 0 spiro atoms. The van der Waals surface area contributed by atoms with Crippen molar-refractivity contribution in [1.82, 2.24) is 0 Å². The quantitative estimate of drug-likeness (QED) is 0.100. The lowest BCUT2D eigenvalue weighted by molar-refractivity contribution is 0.212. The van der Waals surface area contributed by atoms with Crippen LogP contribution in [0.25, 0.3) is 0 Å². The van der Waals surface area contributed by atoms with Crippen molar-refractivity contribution >= 4 is 0 Å². The first kappa shape index (κ1) is 31.5. The number of terminal acetylenes is 1. The molecular formula is C36H64. The van der Waals surface area contributed by atoms with E-state index in [1.807, 2.05) is 5.57 Å². The Morgan fingerprint density at radius 1 is 0.722 bits per heavy atom. The van der Waals surface area contributed by atoms with Crippen molar-refractivity contribution in [2.24, 2.45) is 35.5 Å². The van der Waals surface area contributed by atoms with Gasteiger partial charge in [0.25, 0.3) is 0 Å². The van der Waals surface area contributed by atoms with Gasteiger partial charge in [0.2, 0.25) is 0 Å². The molecule has 0 nitrogen and oxygen atoms in total. The van der Waals surface area contributed by atoms with Crippen molar-refractivity contribution in [3.63, 3.8) is 0 Å². The highest BCUT2D eigenvalue weighted by molar-refractivity contribution is 5.42. The standard InChI is InChI=1S/C36H64/c1-7-10-12-14-16-18-19-21-26-30(5)34-32(9-3)35-31(6)27-24-23-25-29(4)33(36(34)35)28-22-20-17-15-13-11-8-2/h3,29-34H,7-8,10-28H2,1-2,4-6H3. The van der Waals surface area contributed by atoms with E-state index in [9.17, 15) is 0 Å². The first-order valence-electron chi connectivity index (χ1n) is 16.8. The Morgan fingerprint density at radius 3 is 1.83 bits per heavy atom. The number of allylic oxidation sites excluding steroid dienone is 2. The Bertz CT molecular complexity index is 633. The molecular weight excluding hydrogens is 432 g/mol. The summed E-state index contributed by atoms with van der Waals surface area (Å²) in [5.41, 5.74) is 3.63. The summed E-state index contributed by atoms with van der Waals surface area (Å²) in [6, 6.07) is 0. The summed E-state index contributed by atoms with van der Waals surface area (Å²) in [7, 11) is 0. The summed E-state index contributed by atoms with van der Waals surface area (Å²) in [5, 5.41) is 0.